The molecule has 1 fully saturated rings. The van der Waals surface area contributed by atoms with Gasteiger partial charge in [0, 0.05) is 19.1 Å². The largest absolute Gasteiger partial charge is 0.373 e. The van der Waals surface area contributed by atoms with Gasteiger partial charge in [-0.3, -0.25) is 4.79 Å². The summed E-state index contributed by atoms with van der Waals surface area (Å²) in [6.45, 7) is 3.72. The number of nitrogens with zero attached hydrogens (tertiary/aromatic N) is 1. The topological polar surface area (TPSA) is 55.6 Å². The Hall–Kier alpha value is -0.910. The molecule has 0 aliphatic carbocycles. The summed E-state index contributed by atoms with van der Waals surface area (Å²) >= 11 is 1.47. The van der Waals surface area contributed by atoms with E-state index in [2.05, 4.69) is 0 Å². The number of rotatable bonds is 2. The maximum atomic E-state index is 12.1. The maximum absolute atomic E-state index is 12.1. The molecule has 4 nitrogen and oxygen atoms in total. The molecule has 2 heterocycles. The Morgan fingerprint density at radius 1 is 1.75 bits per heavy atom. The van der Waals surface area contributed by atoms with Gasteiger partial charge in [-0.25, -0.2) is 0 Å². The van der Waals surface area contributed by atoms with Gasteiger partial charge in [-0.2, -0.15) is 0 Å². The van der Waals surface area contributed by atoms with Gasteiger partial charge in [-0.1, -0.05) is 6.07 Å². The third-order valence-electron chi connectivity index (χ3n) is 2.70. The minimum atomic E-state index is -0.0438. The molecule has 1 amide bonds. The zero-order valence-corrected chi connectivity index (χ0v) is 10.1. The van der Waals surface area contributed by atoms with Gasteiger partial charge in [-0.05, 0) is 18.4 Å². The lowest BCUT2D eigenvalue weighted by molar-refractivity contribution is -0.0298. The van der Waals surface area contributed by atoms with Crippen molar-refractivity contribution in [3.05, 3.63) is 22.4 Å². The second kappa shape index (κ2) is 4.95. The first-order valence-corrected chi connectivity index (χ1v) is 6.26. The Morgan fingerprint density at radius 3 is 3.19 bits per heavy atom. The maximum Gasteiger partial charge on any atom is 0.264 e. The highest BCUT2D eigenvalue weighted by atomic mass is 32.1. The Kier molecular flexibility index (Phi) is 3.58. The van der Waals surface area contributed by atoms with Crippen molar-refractivity contribution in [2.45, 2.75) is 19.1 Å². The first kappa shape index (κ1) is 11.6. The Labute approximate surface area is 99.0 Å². The number of amides is 1. The van der Waals surface area contributed by atoms with Gasteiger partial charge in [0.15, 0.2) is 0 Å². The highest BCUT2D eigenvalue weighted by Crippen LogP contribution is 2.15. The zero-order chi connectivity index (χ0) is 11.5. The summed E-state index contributed by atoms with van der Waals surface area (Å²) in [5.74, 6) is 0.0870. The molecule has 0 bridgehead atoms. The van der Waals surface area contributed by atoms with E-state index in [-0.39, 0.29) is 18.1 Å². The lowest BCUT2D eigenvalue weighted by atomic mass is 10.1. The molecule has 1 saturated heterocycles. The summed E-state index contributed by atoms with van der Waals surface area (Å²) < 4.78 is 5.52. The van der Waals surface area contributed by atoms with Crippen LogP contribution in [0.4, 0.5) is 0 Å². The number of carbonyl (C=O) groups excluding carboxylic acids is 1. The fourth-order valence-electron chi connectivity index (χ4n) is 1.73. The van der Waals surface area contributed by atoms with Gasteiger partial charge in [0.25, 0.3) is 5.91 Å². The van der Waals surface area contributed by atoms with Crippen LogP contribution in [0.15, 0.2) is 17.5 Å². The molecule has 0 spiro atoms. The third kappa shape index (κ3) is 2.42. The summed E-state index contributed by atoms with van der Waals surface area (Å²) in [4.78, 5) is 14.7. The normalized spacial score (nSPS) is 23.1. The van der Waals surface area contributed by atoms with Crippen LogP contribution in [0.5, 0.6) is 0 Å². The van der Waals surface area contributed by atoms with Gasteiger partial charge < -0.3 is 15.4 Å². The molecule has 0 aromatic carbocycles. The van der Waals surface area contributed by atoms with Crippen molar-refractivity contribution in [1.82, 2.24) is 4.90 Å². The van der Waals surface area contributed by atoms with Crippen LogP contribution in [0, 0.1) is 0 Å². The number of ether oxygens (including phenoxy) is 1. The molecule has 1 aliphatic heterocycles. The quantitative estimate of drug-likeness (QED) is 0.837. The summed E-state index contributed by atoms with van der Waals surface area (Å²) in [7, 11) is 0. The number of hydrogen-bond acceptors (Lipinski definition) is 4. The van der Waals surface area contributed by atoms with Crippen LogP contribution >= 0.6 is 11.3 Å². The Balaban J connectivity index is 2.02. The van der Waals surface area contributed by atoms with Crippen molar-refractivity contribution in [3.63, 3.8) is 0 Å². The van der Waals surface area contributed by atoms with Crippen LogP contribution in [0.2, 0.25) is 0 Å². The van der Waals surface area contributed by atoms with E-state index in [0.29, 0.717) is 19.7 Å². The fraction of sp³-hybridized carbons (Fsp3) is 0.545. The smallest absolute Gasteiger partial charge is 0.264 e. The summed E-state index contributed by atoms with van der Waals surface area (Å²) in [5, 5.41) is 1.91. The molecule has 2 atom stereocenters. The Bertz CT molecular complexity index is 351. The van der Waals surface area contributed by atoms with E-state index in [0.717, 1.165) is 4.88 Å². The minimum Gasteiger partial charge on any atom is -0.373 e. The van der Waals surface area contributed by atoms with E-state index < -0.39 is 0 Å². The van der Waals surface area contributed by atoms with Crippen LogP contribution in [-0.2, 0) is 4.74 Å². The Morgan fingerprint density at radius 2 is 2.56 bits per heavy atom. The van der Waals surface area contributed by atoms with Crippen molar-refractivity contribution in [1.29, 1.82) is 0 Å². The second-order valence-corrected chi connectivity index (χ2v) is 4.94. The van der Waals surface area contributed by atoms with Crippen molar-refractivity contribution < 1.29 is 9.53 Å². The van der Waals surface area contributed by atoms with E-state index in [9.17, 15) is 4.79 Å². The van der Waals surface area contributed by atoms with E-state index in [1.807, 2.05) is 29.3 Å². The first-order chi connectivity index (χ1) is 7.68. The molecule has 1 aromatic rings. The highest BCUT2D eigenvalue weighted by Gasteiger charge is 2.27. The van der Waals surface area contributed by atoms with Crippen molar-refractivity contribution >= 4 is 17.2 Å². The van der Waals surface area contributed by atoms with Crippen molar-refractivity contribution in [2.75, 3.05) is 19.7 Å². The number of hydrogen-bond donors (Lipinski definition) is 1. The number of nitrogens with two attached hydrogens (primary N) is 1. The fourth-order valence-corrected chi connectivity index (χ4v) is 2.42. The van der Waals surface area contributed by atoms with Gasteiger partial charge in [0.2, 0.25) is 0 Å². The number of carbonyl (C=O) groups is 1. The second-order valence-electron chi connectivity index (χ2n) is 4.00. The standard InChI is InChI=1S/C11H16N2O2S/c1-8(12)9-7-13(4-5-15-9)11(14)10-3-2-6-16-10/h2-3,6,8-9H,4-5,7,12H2,1H3. The molecule has 1 aromatic heterocycles. The lowest BCUT2D eigenvalue weighted by Crippen LogP contribution is -2.51. The van der Waals surface area contributed by atoms with E-state index in [1.54, 1.807) is 0 Å². The van der Waals surface area contributed by atoms with Gasteiger partial charge in [0.1, 0.15) is 0 Å². The molecule has 2 unspecified atom stereocenters. The van der Waals surface area contributed by atoms with Gasteiger partial charge >= 0.3 is 0 Å². The number of morpholine rings is 1. The third-order valence-corrected chi connectivity index (χ3v) is 3.56. The van der Waals surface area contributed by atoms with E-state index >= 15 is 0 Å². The molecule has 1 aliphatic rings. The summed E-state index contributed by atoms with van der Waals surface area (Å²) in [6.07, 6.45) is -0.0438. The summed E-state index contributed by atoms with van der Waals surface area (Å²) in [6, 6.07) is 3.70. The van der Waals surface area contributed by atoms with Crippen LogP contribution in [0.25, 0.3) is 0 Å². The lowest BCUT2D eigenvalue weighted by Gasteiger charge is -2.34. The predicted octanol–water partition coefficient (Wildman–Crippen LogP) is 0.936. The van der Waals surface area contributed by atoms with Crippen LogP contribution in [0.1, 0.15) is 16.6 Å². The van der Waals surface area contributed by atoms with E-state index in [1.165, 1.54) is 11.3 Å². The van der Waals surface area contributed by atoms with E-state index in [4.69, 9.17) is 10.5 Å². The zero-order valence-electron chi connectivity index (χ0n) is 9.26. The molecule has 2 rings (SSSR count). The first-order valence-electron chi connectivity index (χ1n) is 5.38. The highest BCUT2D eigenvalue weighted by molar-refractivity contribution is 7.12. The molecule has 88 valence electrons. The van der Waals surface area contributed by atoms with Crippen LogP contribution < -0.4 is 5.73 Å². The molecule has 0 radical (unpaired) electrons. The summed E-state index contributed by atoms with van der Waals surface area (Å²) in [5.41, 5.74) is 5.79. The molecular weight excluding hydrogens is 224 g/mol. The van der Waals surface area contributed by atoms with Gasteiger partial charge in [0.05, 0.1) is 17.6 Å². The monoisotopic (exact) mass is 240 g/mol. The van der Waals surface area contributed by atoms with Crippen LogP contribution in [-0.4, -0.2) is 42.6 Å². The minimum absolute atomic E-state index is 0.0427. The molecular formula is C11H16N2O2S. The number of thiophene rings is 1. The molecule has 5 heteroatoms. The molecule has 16 heavy (non-hydrogen) atoms. The predicted molar refractivity (Wildman–Crippen MR) is 63.6 cm³/mol. The average Bonchev–Trinajstić information content (AvgIpc) is 2.81. The van der Waals surface area contributed by atoms with Gasteiger partial charge in [-0.15, -0.1) is 11.3 Å². The SMILES string of the molecule is CC(N)C1CN(C(=O)c2cccs2)CCO1. The molecule has 2 N–H and O–H groups in total. The van der Waals surface area contributed by atoms with Crippen molar-refractivity contribution in [3.8, 4) is 0 Å². The van der Waals surface area contributed by atoms with Crippen LogP contribution in [0.3, 0.4) is 0 Å². The average molecular weight is 240 g/mol. The molecule has 0 saturated carbocycles. The van der Waals surface area contributed by atoms with Crippen molar-refractivity contribution in [2.24, 2.45) is 5.73 Å².